The fourth-order valence-electron chi connectivity index (χ4n) is 6.66. The number of hydrogen-bond acceptors (Lipinski definition) is 16. The van der Waals surface area contributed by atoms with Crippen molar-refractivity contribution in [1.82, 2.24) is 33.6 Å². The average Bonchev–Trinajstić information content (AvgIpc) is 3.80. The Balaban J connectivity index is 1.09. The summed E-state index contributed by atoms with van der Waals surface area (Å²) in [6.07, 6.45) is -4.72. The van der Waals surface area contributed by atoms with Gasteiger partial charge in [0.1, 0.15) is 77.6 Å². The molecule has 8 heterocycles. The van der Waals surface area contributed by atoms with Crippen molar-refractivity contribution in [3.63, 3.8) is 0 Å². The van der Waals surface area contributed by atoms with Gasteiger partial charge in [-0.1, -0.05) is 24.5 Å². The highest BCUT2D eigenvalue weighted by atomic mass is 127. The summed E-state index contributed by atoms with van der Waals surface area (Å²) in [6, 6.07) is 0. The van der Waals surface area contributed by atoms with Gasteiger partial charge in [0.25, 0.3) is 5.56 Å². The predicted octanol–water partition coefficient (Wildman–Crippen LogP) is 3.15. The van der Waals surface area contributed by atoms with Crippen LogP contribution in [0.5, 0.6) is 0 Å². The summed E-state index contributed by atoms with van der Waals surface area (Å²) in [5.74, 6) is 0.610. The summed E-state index contributed by atoms with van der Waals surface area (Å²) in [6.45, 7) is -8.82. The Labute approximate surface area is 311 Å². The molecular formula is C26H30FIN8O11P2S2. The maximum absolute atomic E-state index is 16.4. The van der Waals surface area contributed by atoms with E-state index in [1.54, 1.807) is 29.2 Å². The average molecular weight is 903 g/mol. The molecule has 0 aliphatic carbocycles. The largest absolute Gasteiger partial charge is 0.387 e. The SMILES string of the molecule is O=c1c2ncn([C@@H]3O[C@@H]4CO[P@](=O)(S)O[C@H]5[C@@H](F)[C@H](n6cc7c8c(ncnc86)NCCC7)O[C@@H]5CO[P@](=O)(S)O[C@@H]3[C@@H]4O)c2ncn1CCOI. The van der Waals surface area contributed by atoms with Gasteiger partial charge in [-0.2, -0.15) is 0 Å². The smallest absolute Gasteiger partial charge is 0.386 e. The molecule has 3 saturated heterocycles. The lowest BCUT2D eigenvalue weighted by molar-refractivity contribution is -0.0568. The van der Waals surface area contributed by atoms with Gasteiger partial charge in [-0.3, -0.25) is 32.0 Å². The molecular weight excluding hydrogens is 872 g/mol. The highest BCUT2D eigenvalue weighted by Crippen LogP contribution is 2.60. The number of nitrogens with zero attached hydrogens (tertiary/aromatic N) is 7. The van der Waals surface area contributed by atoms with Crippen molar-refractivity contribution in [1.29, 1.82) is 0 Å². The van der Waals surface area contributed by atoms with Crippen LogP contribution < -0.4 is 10.9 Å². The van der Waals surface area contributed by atoms with E-state index in [0.29, 0.717) is 24.4 Å². The number of fused-ring (bicyclic) bond motifs is 4. The lowest BCUT2D eigenvalue weighted by Crippen LogP contribution is -2.35. The van der Waals surface area contributed by atoms with Crippen molar-refractivity contribution in [3.8, 4) is 0 Å². The van der Waals surface area contributed by atoms with E-state index < -0.39 is 81.5 Å². The van der Waals surface area contributed by atoms with Gasteiger partial charge >= 0.3 is 13.6 Å². The van der Waals surface area contributed by atoms with Gasteiger partial charge in [0.05, 0.1) is 38.1 Å². The van der Waals surface area contributed by atoms with Crippen LogP contribution in [0.2, 0.25) is 0 Å². The fourth-order valence-corrected chi connectivity index (χ4v) is 9.80. The minimum atomic E-state index is -4.40. The maximum Gasteiger partial charge on any atom is 0.386 e. The molecule has 4 aromatic rings. The molecule has 0 unspecified atom stereocenters. The second-order valence-electron chi connectivity index (χ2n) is 12.1. The molecule has 4 aliphatic rings. The molecule has 0 aromatic carbocycles. The van der Waals surface area contributed by atoms with Crippen LogP contribution in [0.3, 0.4) is 0 Å². The number of ether oxygens (including phenoxy) is 2. The molecule has 8 rings (SSSR count). The topological polar surface area (TPSA) is 214 Å². The molecule has 10 atom stereocenters. The van der Waals surface area contributed by atoms with Gasteiger partial charge in [-0.25, -0.2) is 33.5 Å². The monoisotopic (exact) mass is 902 g/mol. The molecule has 4 aliphatic heterocycles. The molecule has 19 nitrogen and oxygen atoms in total. The number of aliphatic hydroxyl groups is 1. The zero-order valence-electron chi connectivity index (χ0n) is 26.1. The molecule has 3 fully saturated rings. The van der Waals surface area contributed by atoms with Gasteiger partial charge in [-0.05, 0) is 18.4 Å². The molecule has 0 spiro atoms. The lowest BCUT2D eigenvalue weighted by atomic mass is 10.1. The summed E-state index contributed by atoms with van der Waals surface area (Å²) in [4.78, 5) is 30.3. The first-order chi connectivity index (χ1) is 24.4. The van der Waals surface area contributed by atoms with Crippen molar-refractivity contribution in [2.45, 2.75) is 68.5 Å². The molecule has 0 saturated carbocycles. The number of rotatable bonds is 5. The number of nitrogens with one attached hydrogen (secondary N) is 1. The second-order valence-corrected chi connectivity index (χ2v) is 18.5. The zero-order chi connectivity index (χ0) is 35.7. The van der Waals surface area contributed by atoms with Crippen molar-refractivity contribution in [2.24, 2.45) is 0 Å². The molecule has 0 amide bonds. The van der Waals surface area contributed by atoms with Crippen molar-refractivity contribution in [3.05, 3.63) is 41.1 Å². The third-order valence-corrected chi connectivity index (χ3v) is 12.7. The Bertz CT molecular complexity index is 2130. The maximum atomic E-state index is 16.4. The summed E-state index contributed by atoms with van der Waals surface area (Å²) in [7, 11) is 0. The van der Waals surface area contributed by atoms with Crippen LogP contribution >= 0.6 is 61.1 Å². The molecule has 51 heavy (non-hydrogen) atoms. The number of alkyl halides is 1. The Morgan fingerprint density at radius 3 is 2.53 bits per heavy atom. The Morgan fingerprint density at radius 1 is 1.00 bits per heavy atom. The molecule has 276 valence electrons. The van der Waals surface area contributed by atoms with Gasteiger partial charge in [0.2, 0.25) is 0 Å². The normalized spacial score (nSPS) is 35.9. The number of aryl methyl sites for hydroxylation is 1. The van der Waals surface area contributed by atoms with Gasteiger partial charge in [-0.15, -0.1) is 0 Å². The first kappa shape index (κ1) is 36.3. The van der Waals surface area contributed by atoms with E-state index in [4.69, 9.17) is 30.6 Å². The summed E-state index contributed by atoms with van der Waals surface area (Å²) >= 11 is 9.95. The first-order valence-electron chi connectivity index (χ1n) is 15.6. The second kappa shape index (κ2) is 14.2. The predicted molar refractivity (Wildman–Crippen MR) is 190 cm³/mol. The fraction of sp³-hybridized carbons (Fsp3) is 0.577. The highest BCUT2D eigenvalue weighted by molar-refractivity contribution is 14.1. The standard InChI is InChI=1S/C26H30FIN8O11P2S2/c27-16-19-14(45-25(16)35-6-12-2-1-3-29-21-15(12)22(35)31-9-30-21)8-43-49(40,51)47-20-18(37)13(7-42-48(39,50)46-19)44-26(20)36-11-32-17-23(36)33-10-34(24(17)38)4-5-41-28/h6,9-11,13-14,16,18-20,25-26,37H,1-5,7-8H2,(H,39,50)(H,40,51)(H,29,30,31)/t13-,14-,16-,18-,19-,20-,25-,26-,48+,49+/m1/s1. The number of halogens is 2. The number of aliphatic hydroxyl groups excluding tert-OH is 1. The summed E-state index contributed by atoms with van der Waals surface area (Å²) in [5, 5.41) is 15.3. The summed E-state index contributed by atoms with van der Waals surface area (Å²) < 4.78 is 87.6. The van der Waals surface area contributed by atoms with E-state index in [0.717, 1.165) is 17.4 Å². The van der Waals surface area contributed by atoms with E-state index >= 15 is 4.39 Å². The van der Waals surface area contributed by atoms with Crippen LogP contribution in [-0.2, 0) is 52.7 Å². The summed E-state index contributed by atoms with van der Waals surface area (Å²) in [5.41, 5.74) is 0.880. The third-order valence-electron chi connectivity index (χ3n) is 9.00. The number of aromatic nitrogens is 7. The molecule has 0 radical (unpaired) electrons. The van der Waals surface area contributed by atoms with E-state index in [2.05, 4.69) is 49.7 Å². The zero-order valence-corrected chi connectivity index (χ0v) is 31.8. The Hall–Kier alpha value is -1.73. The van der Waals surface area contributed by atoms with Crippen molar-refractivity contribution < 1.29 is 49.3 Å². The van der Waals surface area contributed by atoms with Crippen LogP contribution in [0, 0.1) is 0 Å². The van der Waals surface area contributed by atoms with Crippen LogP contribution in [0.1, 0.15) is 24.4 Å². The third kappa shape index (κ3) is 6.80. The Kier molecular flexibility index (Phi) is 10.1. The van der Waals surface area contributed by atoms with Crippen LogP contribution in [-0.4, -0.2) is 102 Å². The van der Waals surface area contributed by atoms with Gasteiger partial charge in [0, 0.05) is 12.7 Å². The number of hydrogen-bond donors (Lipinski definition) is 4. The van der Waals surface area contributed by atoms with E-state index in [1.807, 2.05) is 0 Å². The van der Waals surface area contributed by atoms with Crippen molar-refractivity contribution >= 4 is 89.1 Å². The van der Waals surface area contributed by atoms with Gasteiger partial charge in [0.15, 0.2) is 29.8 Å². The number of anilines is 1. The highest BCUT2D eigenvalue weighted by Gasteiger charge is 2.54. The van der Waals surface area contributed by atoms with Crippen LogP contribution in [0.15, 0.2) is 30.0 Å². The van der Waals surface area contributed by atoms with Crippen LogP contribution in [0.4, 0.5) is 10.2 Å². The number of imidazole rings is 1. The minimum absolute atomic E-state index is 0.0195. The molecule has 4 aromatic heterocycles. The van der Waals surface area contributed by atoms with E-state index in [1.165, 1.54) is 32.7 Å². The quantitative estimate of drug-likeness (QED) is 0.129. The Morgan fingerprint density at radius 2 is 1.75 bits per heavy atom. The lowest BCUT2D eigenvalue weighted by Gasteiger charge is -2.26. The van der Waals surface area contributed by atoms with Crippen molar-refractivity contribution in [2.75, 3.05) is 31.7 Å². The first-order valence-corrected chi connectivity index (χ1v) is 21.9. The molecule has 25 heteroatoms. The van der Waals surface area contributed by atoms with E-state index in [9.17, 15) is 19.0 Å². The van der Waals surface area contributed by atoms with Gasteiger partial charge < -0.3 is 27.5 Å². The van der Waals surface area contributed by atoms with Crippen LogP contribution in [0.25, 0.3) is 22.2 Å². The van der Waals surface area contributed by atoms with E-state index in [-0.39, 0.29) is 24.3 Å². The number of thiol groups is 2. The molecule has 2 bridgehead atoms. The minimum Gasteiger partial charge on any atom is -0.387 e. The molecule has 2 N–H and O–H groups in total.